The first-order chi connectivity index (χ1) is 5.96. The van der Waals surface area contributed by atoms with E-state index in [1.807, 2.05) is 13.8 Å². The van der Waals surface area contributed by atoms with Crippen molar-refractivity contribution in [3.05, 3.63) is 0 Å². The summed E-state index contributed by atoms with van der Waals surface area (Å²) in [5, 5.41) is 9.47. The summed E-state index contributed by atoms with van der Waals surface area (Å²) in [6.07, 6.45) is -2.24. The van der Waals surface area contributed by atoms with Crippen molar-refractivity contribution in [2.75, 3.05) is 13.1 Å². The second-order valence-corrected chi connectivity index (χ2v) is 4.03. The topological polar surface area (TPSA) is 23.5 Å². The van der Waals surface area contributed by atoms with Crippen LogP contribution in [0, 0.1) is 0 Å². The molecule has 1 N–H and O–H groups in total. The van der Waals surface area contributed by atoms with Crippen molar-refractivity contribution >= 4 is 0 Å². The number of halogens is 2. The third-order valence-corrected chi connectivity index (χ3v) is 2.80. The number of nitrogens with zero attached hydrogens (tertiary/aromatic N) is 1. The quantitative estimate of drug-likeness (QED) is 0.718. The molecule has 0 radical (unpaired) electrons. The van der Waals surface area contributed by atoms with Gasteiger partial charge in [0.2, 0.25) is 0 Å². The van der Waals surface area contributed by atoms with Gasteiger partial charge in [0, 0.05) is 19.1 Å². The summed E-state index contributed by atoms with van der Waals surface area (Å²) in [5.74, 6) is 0. The van der Waals surface area contributed by atoms with Gasteiger partial charge in [0.1, 0.15) is 5.60 Å². The van der Waals surface area contributed by atoms with Gasteiger partial charge in [-0.15, -0.1) is 0 Å². The first-order valence-electron chi connectivity index (χ1n) is 4.70. The van der Waals surface area contributed by atoms with Gasteiger partial charge in [-0.3, -0.25) is 0 Å². The first-order valence-corrected chi connectivity index (χ1v) is 4.70. The molecule has 13 heavy (non-hydrogen) atoms. The molecule has 0 spiro atoms. The summed E-state index contributed by atoms with van der Waals surface area (Å²) < 4.78 is 24.7. The fraction of sp³-hybridized carbons (Fsp3) is 1.00. The highest BCUT2D eigenvalue weighted by atomic mass is 19.3. The fourth-order valence-electron chi connectivity index (χ4n) is 1.65. The van der Waals surface area contributed by atoms with Crippen LogP contribution in [0.25, 0.3) is 0 Å². The number of likely N-dealkylation sites (tertiary alicyclic amines) is 1. The molecule has 1 saturated heterocycles. The SMILES string of the molecule is CC(C)N1CCC(O)(C(F)F)CC1. The highest BCUT2D eigenvalue weighted by molar-refractivity contribution is 4.88. The summed E-state index contributed by atoms with van der Waals surface area (Å²) in [4.78, 5) is 2.11. The Balaban J connectivity index is 2.47. The molecule has 0 bridgehead atoms. The van der Waals surface area contributed by atoms with Gasteiger partial charge < -0.3 is 10.0 Å². The maximum atomic E-state index is 12.4. The van der Waals surface area contributed by atoms with Crippen LogP contribution >= 0.6 is 0 Å². The lowest BCUT2D eigenvalue weighted by Crippen LogP contribution is -2.50. The smallest absolute Gasteiger partial charge is 0.266 e. The Morgan fingerprint density at radius 3 is 2.00 bits per heavy atom. The van der Waals surface area contributed by atoms with E-state index >= 15 is 0 Å². The number of piperidine rings is 1. The maximum Gasteiger partial charge on any atom is 0.266 e. The van der Waals surface area contributed by atoms with Crippen molar-refractivity contribution in [2.45, 2.75) is 44.8 Å². The van der Waals surface area contributed by atoms with Crippen LogP contribution in [0.2, 0.25) is 0 Å². The third-order valence-electron chi connectivity index (χ3n) is 2.80. The lowest BCUT2D eigenvalue weighted by atomic mass is 9.91. The van der Waals surface area contributed by atoms with Gasteiger partial charge in [0.25, 0.3) is 6.43 Å². The van der Waals surface area contributed by atoms with E-state index < -0.39 is 12.0 Å². The van der Waals surface area contributed by atoms with E-state index in [1.165, 1.54) is 0 Å². The standard InChI is InChI=1S/C9H17F2NO/c1-7(2)12-5-3-9(13,4-6-12)8(10)11/h7-8,13H,3-6H2,1-2H3. The minimum Gasteiger partial charge on any atom is -0.384 e. The van der Waals surface area contributed by atoms with Gasteiger partial charge in [0.15, 0.2) is 0 Å². The number of hydrogen-bond acceptors (Lipinski definition) is 2. The van der Waals surface area contributed by atoms with Crippen molar-refractivity contribution in [1.82, 2.24) is 4.90 Å². The molecule has 4 heteroatoms. The Bertz CT molecular complexity index is 165. The summed E-state index contributed by atoms with van der Waals surface area (Å²) >= 11 is 0. The van der Waals surface area contributed by atoms with Gasteiger partial charge in [-0.25, -0.2) is 8.78 Å². The Kier molecular flexibility index (Phi) is 3.24. The Labute approximate surface area is 77.5 Å². The van der Waals surface area contributed by atoms with E-state index in [4.69, 9.17) is 0 Å². The van der Waals surface area contributed by atoms with Crippen LogP contribution in [0.3, 0.4) is 0 Å². The van der Waals surface area contributed by atoms with Crippen molar-refractivity contribution in [3.8, 4) is 0 Å². The van der Waals surface area contributed by atoms with Crippen molar-refractivity contribution < 1.29 is 13.9 Å². The van der Waals surface area contributed by atoms with Gasteiger partial charge in [-0.2, -0.15) is 0 Å². The number of rotatable bonds is 2. The minimum absolute atomic E-state index is 0.183. The Morgan fingerprint density at radius 1 is 1.23 bits per heavy atom. The van der Waals surface area contributed by atoms with E-state index in [0.29, 0.717) is 19.1 Å². The Hall–Kier alpha value is -0.220. The van der Waals surface area contributed by atoms with Gasteiger partial charge in [-0.05, 0) is 26.7 Å². The van der Waals surface area contributed by atoms with E-state index in [-0.39, 0.29) is 12.8 Å². The highest BCUT2D eigenvalue weighted by Crippen LogP contribution is 2.29. The van der Waals surface area contributed by atoms with Crippen LogP contribution in [-0.4, -0.2) is 41.2 Å². The molecule has 1 aliphatic rings. The predicted molar refractivity (Wildman–Crippen MR) is 46.9 cm³/mol. The largest absolute Gasteiger partial charge is 0.384 e. The zero-order valence-electron chi connectivity index (χ0n) is 8.13. The zero-order chi connectivity index (χ0) is 10.1. The van der Waals surface area contributed by atoms with Crippen LogP contribution in [0.15, 0.2) is 0 Å². The van der Waals surface area contributed by atoms with Crippen LogP contribution < -0.4 is 0 Å². The van der Waals surface area contributed by atoms with E-state index in [1.54, 1.807) is 0 Å². The zero-order valence-corrected chi connectivity index (χ0v) is 8.13. The molecule has 0 aliphatic carbocycles. The highest BCUT2D eigenvalue weighted by Gasteiger charge is 2.40. The molecule has 2 nitrogen and oxygen atoms in total. The number of alkyl halides is 2. The van der Waals surface area contributed by atoms with Crippen molar-refractivity contribution in [3.63, 3.8) is 0 Å². The average Bonchev–Trinajstić information content (AvgIpc) is 2.04. The molecule has 0 saturated carbocycles. The summed E-state index contributed by atoms with van der Waals surface area (Å²) in [6, 6.07) is 0.377. The molecule has 0 aromatic carbocycles. The minimum atomic E-state index is -2.61. The lowest BCUT2D eigenvalue weighted by molar-refractivity contribution is -0.128. The van der Waals surface area contributed by atoms with Crippen LogP contribution in [0.1, 0.15) is 26.7 Å². The second kappa shape index (κ2) is 3.88. The third kappa shape index (κ3) is 2.38. The van der Waals surface area contributed by atoms with Gasteiger partial charge in [0.05, 0.1) is 0 Å². The average molecular weight is 193 g/mol. The molecule has 0 unspecified atom stereocenters. The van der Waals surface area contributed by atoms with Crippen molar-refractivity contribution in [2.24, 2.45) is 0 Å². The molecular weight excluding hydrogens is 176 g/mol. The molecular formula is C9H17F2NO. The number of aliphatic hydroxyl groups is 1. The van der Waals surface area contributed by atoms with Gasteiger partial charge in [-0.1, -0.05) is 0 Å². The summed E-state index contributed by atoms with van der Waals surface area (Å²) in [6.45, 7) is 5.20. The summed E-state index contributed by atoms with van der Waals surface area (Å²) in [7, 11) is 0. The predicted octanol–water partition coefficient (Wildman–Crippen LogP) is 1.49. The molecule has 0 amide bonds. The molecule has 0 aromatic heterocycles. The summed E-state index contributed by atoms with van der Waals surface area (Å²) in [5.41, 5.74) is -1.73. The maximum absolute atomic E-state index is 12.4. The van der Waals surface area contributed by atoms with Crippen molar-refractivity contribution in [1.29, 1.82) is 0 Å². The van der Waals surface area contributed by atoms with Gasteiger partial charge >= 0.3 is 0 Å². The molecule has 1 aliphatic heterocycles. The van der Waals surface area contributed by atoms with Crippen LogP contribution in [0.4, 0.5) is 8.78 Å². The second-order valence-electron chi connectivity index (χ2n) is 4.03. The molecule has 78 valence electrons. The fourth-order valence-corrected chi connectivity index (χ4v) is 1.65. The van der Waals surface area contributed by atoms with E-state index in [9.17, 15) is 13.9 Å². The van der Waals surface area contributed by atoms with E-state index in [0.717, 1.165) is 0 Å². The molecule has 1 fully saturated rings. The van der Waals surface area contributed by atoms with E-state index in [2.05, 4.69) is 4.90 Å². The molecule has 1 heterocycles. The molecule has 1 rings (SSSR count). The van der Waals surface area contributed by atoms with Crippen LogP contribution in [-0.2, 0) is 0 Å². The molecule has 0 aromatic rings. The normalized spacial score (nSPS) is 24.2. The molecule has 0 atom stereocenters. The Morgan fingerprint density at radius 2 is 1.69 bits per heavy atom. The number of hydrogen-bond donors (Lipinski definition) is 1. The van der Waals surface area contributed by atoms with Crippen LogP contribution in [0.5, 0.6) is 0 Å². The lowest BCUT2D eigenvalue weighted by Gasteiger charge is -2.39. The monoisotopic (exact) mass is 193 g/mol. The first kappa shape index (κ1) is 10.9.